The van der Waals surface area contributed by atoms with E-state index in [2.05, 4.69) is 39.2 Å². The third-order valence-corrected chi connectivity index (χ3v) is 5.26. The van der Waals surface area contributed by atoms with Crippen LogP contribution in [0.2, 0.25) is 0 Å². The predicted molar refractivity (Wildman–Crippen MR) is 107 cm³/mol. The number of hydrogen-bond donors (Lipinski definition) is 1. The molecule has 1 saturated heterocycles. The molecule has 0 aliphatic carbocycles. The van der Waals surface area contributed by atoms with Crippen molar-refractivity contribution in [2.45, 2.75) is 25.8 Å². The Morgan fingerprint density at radius 1 is 1.07 bits per heavy atom. The number of carbonyl (C=O) groups excluding carboxylic acids is 2. The van der Waals surface area contributed by atoms with E-state index in [-0.39, 0.29) is 23.8 Å². The summed E-state index contributed by atoms with van der Waals surface area (Å²) in [5.74, 6) is 0.178. The van der Waals surface area contributed by atoms with Gasteiger partial charge in [-0.2, -0.15) is 0 Å². The Hall–Kier alpha value is -2.80. The summed E-state index contributed by atoms with van der Waals surface area (Å²) in [5, 5.41) is 3.06. The number of nitrogens with one attached hydrogen (secondary N) is 1. The number of rotatable bonds is 6. The van der Waals surface area contributed by atoms with Gasteiger partial charge in [0.1, 0.15) is 5.69 Å². The van der Waals surface area contributed by atoms with Crippen molar-refractivity contribution in [2.24, 2.45) is 0 Å². The molecular formula is C21H27N5O2. The molecule has 7 nitrogen and oxygen atoms in total. The van der Waals surface area contributed by atoms with E-state index >= 15 is 0 Å². The van der Waals surface area contributed by atoms with Crippen molar-refractivity contribution < 1.29 is 9.59 Å². The van der Waals surface area contributed by atoms with Gasteiger partial charge in [-0.05, 0) is 18.4 Å². The van der Waals surface area contributed by atoms with Crippen LogP contribution in [-0.2, 0) is 4.79 Å². The minimum atomic E-state index is -0.225. The van der Waals surface area contributed by atoms with E-state index < -0.39 is 0 Å². The highest BCUT2D eigenvalue weighted by Crippen LogP contribution is 2.14. The molecule has 2 aromatic rings. The summed E-state index contributed by atoms with van der Waals surface area (Å²) in [7, 11) is 0. The van der Waals surface area contributed by atoms with Crippen molar-refractivity contribution in [2.75, 3.05) is 32.7 Å². The standard InChI is InChI=1S/C21H27N5O2/c1-16(18-6-4-3-5-7-18)14-24-20(27)17(2)25-10-12-26(13-11-25)21(28)19-15-22-8-9-23-19/h3-9,15-17H,10-14H2,1-2H3,(H,24,27). The first-order chi connectivity index (χ1) is 13.6. The molecule has 1 aromatic heterocycles. The summed E-state index contributed by atoms with van der Waals surface area (Å²) in [6.45, 7) is 7.11. The average Bonchev–Trinajstić information content (AvgIpc) is 2.77. The fourth-order valence-electron chi connectivity index (χ4n) is 3.35. The molecule has 0 spiro atoms. The van der Waals surface area contributed by atoms with Gasteiger partial charge in [-0.25, -0.2) is 4.98 Å². The van der Waals surface area contributed by atoms with Crippen molar-refractivity contribution in [1.29, 1.82) is 0 Å². The lowest BCUT2D eigenvalue weighted by molar-refractivity contribution is -0.126. The highest BCUT2D eigenvalue weighted by molar-refractivity contribution is 5.92. The molecule has 148 valence electrons. The second kappa shape index (κ2) is 9.41. The number of carbonyl (C=O) groups is 2. The quantitative estimate of drug-likeness (QED) is 0.821. The summed E-state index contributed by atoms with van der Waals surface area (Å²) >= 11 is 0. The highest BCUT2D eigenvalue weighted by atomic mass is 16.2. The number of benzene rings is 1. The molecule has 7 heteroatoms. The Bertz CT molecular complexity index is 776. The van der Waals surface area contributed by atoms with Gasteiger partial charge in [-0.3, -0.25) is 19.5 Å². The van der Waals surface area contributed by atoms with Crippen LogP contribution in [0.25, 0.3) is 0 Å². The molecule has 2 unspecified atom stereocenters. The molecular weight excluding hydrogens is 354 g/mol. The summed E-state index contributed by atoms with van der Waals surface area (Å²) in [6.07, 6.45) is 4.55. The second-order valence-corrected chi connectivity index (χ2v) is 7.15. The lowest BCUT2D eigenvalue weighted by atomic mass is 10.0. The van der Waals surface area contributed by atoms with Crippen LogP contribution >= 0.6 is 0 Å². The van der Waals surface area contributed by atoms with Gasteiger partial charge in [0.05, 0.1) is 12.2 Å². The SMILES string of the molecule is CC(CNC(=O)C(C)N1CCN(C(=O)c2cnccn2)CC1)c1ccccc1. The smallest absolute Gasteiger partial charge is 0.274 e. The van der Waals surface area contributed by atoms with E-state index in [1.165, 1.54) is 18.0 Å². The largest absolute Gasteiger partial charge is 0.354 e. The summed E-state index contributed by atoms with van der Waals surface area (Å²) in [6, 6.07) is 9.94. The van der Waals surface area contributed by atoms with E-state index in [4.69, 9.17) is 0 Å². The first-order valence-electron chi connectivity index (χ1n) is 9.68. The maximum Gasteiger partial charge on any atom is 0.274 e. The van der Waals surface area contributed by atoms with E-state index in [9.17, 15) is 9.59 Å². The molecule has 3 rings (SSSR count). The van der Waals surface area contributed by atoms with Crippen molar-refractivity contribution in [3.63, 3.8) is 0 Å². The molecule has 28 heavy (non-hydrogen) atoms. The van der Waals surface area contributed by atoms with Crippen molar-refractivity contribution in [3.05, 3.63) is 60.2 Å². The molecule has 1 aliphatic rings. The van der Waals surface area contributed by atoms with Crippen molar-refractivity contribution in [3.8, 4) is 0 Å². The van der Waals surface area contributed by atoms with Crippen LogP contribution in [0.3, 0.4) is 0 Å². The zero-order valence-electron chi connectivity index (χ0n) is 16.4. The third-order valence-electron chi connectivity index (χ3n) is 5.26. The monoisotopic (exact) mass is 381 g/mol. The Kier molecular flexibility index (Phi) is 6.71. The lowest BCUT2D eigenvalue weighted by Crippen LogP contribution is -2.55. The molecule has 2 amide bonds. The summed E-state index contributed by atoms with van der Waals surface area (Å²) < 4.78 is 0. The molecule has 1 fully saturated rings. The van der Waals surface area contributed by atoms with Crippen LogP contribution in [-0.4, -0.2) is 70.3 Å². The Balaban J connectivity index is 1.46. The second-order valence-electron chi connectivity index (χ2n) is 7.15. The number of aromatic nitrogens is 2. The predicted octanol–water partition coefficient (Wildman–Crippen LogP) is 1.54. The molecule has 1 aromatic carbocycles. The van der Waals surface area contributed by atoms with Crippen LogP contribution in [0.15, 0.2) is 48.9 Å². The van der Waals surface area contributed by atoms with Gasteiger partial charge in [-0.15, -0.1) is 0 Å². The van der Waals surface area contributed by atoms with E-state index in [0.717, 1.165) is 0 Å². The normalized spacial score (nSPS) is 17.0. The van der Waals surface area contributed by atoms with Crippen molar-refractivity contribution in [1.82, 2.24) is 25.1 Å². The topological polar surface area (TPSA) is 78.4 Å². The van der Waals surface area contributed by atoms with Gasteiger partial charge < -0.3 is 10.2 Å². The van der Waals surface area contributed by atoms with Crippen molar-refractivity contribution >= 4 is 11.8 Å². The fraction of sp³-hybridized carbons (Fsp3) is 0.429. The van der Waals surface area contributed by atoms with E-state index in [1.807, 2.05) is 25.1 Å². The minimum absolute atomic E-state index is 0.0245. The van der Waals surface area contributed by atoms with E-state index in [0.29, 0.717) is 38.4 Å². The highest BCUT2D eigenvalue weighted by Gasteiger charge is 2.28. The van der Waals surface area contributed by atoms with Gasteiger partial charge >= 0.3 is 0 Å². The number of hydrogen-bond acceptors (Lipinski definition) is 5. The average molecular weight is 381 g/mol. The number of piperazine rings is 1. The van der Waals surface area contributed by atoms with Gasteiger partial charge in [-0.1, -0.05) is 37.3 Å². The van der Waals surface area contributed by atoms with Crippen LogP contribution in [0.5, 0.6) is 0 Å². The number of nitrogens with zero attached hydrogens (tertiary/aromatic N) is 4. The molecule has 2 heterocycles. The zero-order valence-corrected chi connectivity index (χ0v) is 16.4. The Labute approximate surface area is 165 Å². The molecule has 1 N–H and O–H groups in total. The maximum absolute atomic E-state index is 12.6. The summed E-state index contributed by atoms with van der Waals surface area (Å²) in [5.41, 5.74) is 1.57. The molecule has 0 saturated carbocycles. The maximum atomic E-state index is 12.6. The Morgan fingerprint density at radius 2 is 1.79 bits per heavy atom. The molecule has 2 atom stereocenters. The van der Waals surface area contributed by atoms with Gasteiger partial charge in [0.2, 0.25) is 5.91 Å². The summed E-state index contributed by atoms with van der Waals surface area (Å²) in [4.78, 5) is 36.9. The van der Waals surface area contributed by atoms with Crippen LogP contribution in [0, 0.1) is 0 Å². The lowest BCUT2D eigenvalue weighted by Gasteiger charge is -2.37. The van der Waals surface area contributed by atoms with E-state index in [1.54, 1.807) is 11.1 Å². The van der Waals surface area contributed by atoms with Crippen LogP contribution in [0.4, 0.5) is 0 Å². The van der Waals surface area contributed by atoms with Crippen LogP contribution < -0.4 is 5.32 Å². The zero-order chi connectivity index (χ0) is 19.9. The first kappa shape index (κ1) is 19.9. The molecule has 0 radical (unpaired) electrons. The number of amides is 2. The van der Waals surface area contributed by atoms with Crippen LogP contribution in [0.1, 0.15) is 35.8 Å². The third kappa shape index (κ3) is 4.92. The Morgan fingerprint density at radius 3 is 2.43 bits per heavy atom. The molecule has 0 bridgehead atoms. The van der Waals surface area contributed by atoms with Gasteiger partial charge in [0.25, 0.3) is 5.91 Å². The molecule has 1 aliphatic heterocycles. The first-order valence-corrected chi connectivity index (χ1v) is 9.68. The minimum Gasteiger partial charge on any atom is -0.354 e. The van der Waals surface area contributed by atoms with Gasteiger partial charge in [0, 0.05) is 45.1 Å². The van der Waals surface area contributed by atoms with Gasteiger partial charge in [0.15, 0.2) is 0 Å². The fourth-order valence-corrected chi connectivity index (χ4v) is 3.35.